The third-order valence-corrected chi connectivity index (χ3v) is 13.0. The van der Waals surface area contributed by atoms with Crippen molar-refractivity contribution in [3.05, 3.63) is 146 Å². The molecule has 78 heavy (non-hydrogen) atoms. The van der Waals surface area contributed by atoms with Gasteiger partial charge < -0.3 is 14.2 Å². The van der Waals surface area contributed by atoms with Crippen molar-refractivity contribution in [3.63, 3.8) is 0 Å². The van der Waals surface area contributed by atoms with Gasteiger partial charge in [-0.15, -0.1) is 0 Å². The third-order valence-electron chi connectivity index (χ3n) is 13.0. The molecule has 0 aromatic carbocycles. The molecular formula is C72H116O6. The number of unbranched alkanes of at least 4 members (excludes halogenated alkanes) is 21. The minimum absolute atomic E-state index is 0.0983. The molecule has 0 aromatic heterocycles. The molecule has 0 rings (SSSR count). The lowest BCUT2D eigenvalue weighted by Gasteiger charge is -2.18. The number of carbonyl (C=O) groups excluding carboxylic acids is 3. The molecule has 0 aliphatic heterocycles. The van der Waals surface area contributed by atoms with Gasteiger partial charge in [-0.2, -0.15) is 0 Å². The highest BCUT2D eigenvalue weighted by atomic mass is 16.6. The van der Waals surface area contributed by atoms with Gasteiger partial charge in [-0.25, -0.2) is 0 Å². The van der Waals surface area contributed by atoms with E-state index in [9.17, 15) is 14.4 Å². The Kier molecular flexibility index (Phi) is 60.9. The average Bonchev–Trinajstić information content (AvgIpc) is 3.44. The molecule has 0 aliphatic rings. The lowest BCUT2D eigenvalue weighted by atomic mass is 10.1. The molecule has 0 spiro atoms. The van der Waals surface area contributed by atoms with Crippen LogP contribution in [0.3, 0.4) is 0 Å². The number of allylic oxidation sites excluding steroid dienone is 24. The van der Waals surface area contributed by atoms with Gasteiger partial charge in [0.05, 0.1) is 0 Å². The van der Waals surface area contributed by atoms with Crippen LogP contribution in [0, 0.1) is 0 Å². The Morgan fingerprint density at radius 3 is 0.833 bits per heavy atom. The van der Waals surface area contributed by atoms with Gasteiger partial charge in [0.15, 0.2) is 6.10 Å². The maximum absolute atomic E-state index is 12.9. The quantitative estimate of drug-likeness (QED) is 0.0261. The van der Waals surface area contributed by atoms with Gasteiger partial charge >= 0.3 is 17.9 Å². The summed E-state index contributed by atoms with van der Waals surface area (Å²) < 4.78 is 16.8. The molecule has 0 N–H and O–H groups in total. The Balaban J connectivity index is 4.32. The van der Waals surface area contributed by atoms with Gasteiger partial charge in [-0.3, -0.25) is 14.4 Å². The summed E-state index contributed by atoms with van der Waals surface area (Å²) in [6.45, 7) is 6.43. The van der Waals surface area contributed by atoms with Crippen LogP contribution in [0.25, 0.3) is 0 Å². The lowest BCUT2D eigenvalue weighted by Crippen LogP contribution is -2.30. The number of hydrogen-bond donors (Lipinski definition) is 0. The normalized spacial score (nSPS) is 13.1. The summed E-state index contributed by atoms with van der Waals surface area (Å²) in [5.41, 5.74) is 0. The molecule has 6 heteroatoms. The van der Waals surface area contributed by atoms with Crippen LogP contribution in [-0.2, 0) is 28.6 Å². The molecule has 1 atom stereocenters. The van der Waals surface area contributed by atoms with Gasteiger partial charge in [-0.05, 0) is 141 Å². The van der Waals surface area contributed by atoms with E-state index in [1.807, 2.05) is 0 Å². The fourth-order valence-corrected chi connectivity index (χ4v) is 8.27. The van der Waals surface area contributed by atoms with Crippen molar-refractivity contribution in [1.29, 1.82) is 0 Å². The molecule has 0 aromatic rings. The summed E-state index contributed by atoms with van der Waals surface area (Å²) in [6.07, 6.45) is 92.8. The van der Waals surface area contributed by atoms with Gasteiger partial charge in [0, 0.05) is 19.3 Å². The van der Waals surface area contributed by atoms with Crippen molar-refractivity contribution in [2.24, 2.45) is 0 Å². The molecule has 6 nitrogen and oxygen atoms in total. The van der Waals surface area contributed by atoms with Crippen molar-refractivity contribution in [3.8, 4) is 0 Å². The van der Waals surface area contributed by atoms with E-state index in [1.54, 1.807) is 0 Å². The van der Waals surface area contributed by atoms with E-state index in [0.29, 0.717) is 19.3 Å². The highest BCUT2D eigenvalue weighted by Gasteiger charge is 2.19. The maximum Gasteiger partial charge on any atom is 0.306 e. The predicted octanol–water partition coefficient (Wildman–Crippen LogP) is 21.9. The number of carbonyl (C=O) groups is 3. The standard InChI is InChI=1S/C72H116O6/c1-4-7-10-13-16-19-22-24-26-28-29-30-31-32-33-34-35-36-37-38-39-40-41-42-43-44-46-47-50-53-56-59-62-65-71(74)77-68-69(67-76-70(73)64-61-58-55-52-49-21-18-15-12-9-6-3)78-72(75)66-63-60-57-54-51-48-45-27-25-23-20-17-14-11-8-5-2/h7,10,15-16,18-20,23-24,26-27,29-30,32-33,35-36,38-39,41-42,44-46,69H,4-6,8-9,11-14,17,21-22,25,28,31,34,37,40,43,47-68H2,1-3H3/b10-7-,18-15-,19-16-,23-20-,26-24-,30-29-,33-32-,36-35-,39-38-,42-41-,45-27-,46-44-. The van der Waals surface area contributed by atoms with Crippen LogP contribution in [0.5, 0.6) is 0 Å². The fraction of sp³-hybridized carbons (Fsp3) is 0.625. The summed E-state index contributed by atoms with van der Waals surface area (Å²) >= 11 is 0. The smallest absolute Gasteiger partial charge is 0.306 e. The zero-order chi connectivity index (χ0) is 56.4. The van der Waals surface area contributed by atoms with Gasteiger partial charge in [-0.1, -0.05) is 256 Å². The van der Waals surface area contributed by atoms with Gasteiger partial charge in [0.2, 0.25) is 0 Å². The number of ether oxygens (including phenoxy) is 3. The van der Waals surface area contributed by atoms with Crippen molar-refractivity contribution < 1.29 is 28.6 Å². The first kappa shape index (κ1) is 73.3. The minimum Gasteiger partial charge on any atom is -0.462 e. The summed E-state index contributed by atoms with van der Waals surface area (Å²) in [5.74, 6) is -0.944. The SMILES string of the molecule is CC/C=C\C/C=C\C/C=C\C/C=C\C/C=C\C/C=C\C/C=C\C/C=C\C/C=C\CCCCCCCC(=O)OCC(COC(=O)CCCCCCC/C=C\CCCC)OC(=O)CCCCCCC/C=C\C/C=C\CCCCCC. The van der Waals surface area contributed by atoms with Crippen LogP contribution in [0.1, 0.15) is 271 Å². The van der Waals surface area contributed by atoms with E-state index in [-0.39, 0.29) is 31.1 Å². The van der Waals surface area contributed by atoms with Crippen molar-refractivity contribution >= 4 is 17.9 Å². The predicted molar refractivity (Wildman–Crippen MR) is 339 cm³/mol. The Hall–Kier alpha value is -4.71. The molecule has 0 saturated heterocycles. The third kappa shape index (κ3) is 62.1. The number of hydrogen-bond acceptors (Lipinski definition) is 6. The first-order chi connectivity index (χ1) is 38.5. The molecule has 1 unspecified atom stereocenters. The van der Waals surface area contributed by atoms with E-state index < -0.39 is 6.10 Å². The molecular weight excluding hydrogens is 961 g/mol. The molecule has 0 heterocycles. The Labute approximate surface area is 480 Å². The van der Waals surface area contributed by atoms with E-state index in [4.69, 9.17) is 14.2 Å². The maximum atomic E-state index is 12.9. The van der Waals surface area contributed by atoms with E-state index in [0.717, 1.165) is 173 Å². The molecule has 0 saturated carbocycles. The molecule has 0 radical (unpaired) electrons. The molecule has 0 fully saturated rings. The Morgan fingerprint density at radius 1 is 0.269 bits per heavy atom. The van der Waals surface area contributed by atoms with Crippen LogP contribution in [0.15, 0.2) is 146 Å². The topological polar surface area (TPSA) is 78.9 Å². The Bertz CT molecular complexity index is 1710. The molecule has 0 aliphatic carbocycles. The van der Waals surface area contributed by atoms with Crippen LogP contribution in [-0.4, -0.2) is 37.2 Å². The second-order valence-corrected chi connectivity index (χ2v) is 20.6. The van der Waals surface area contributed by atoms with E-state index in [1.165, 1.54) is 57.8 Å². The summed E-state index contributed by atoms with van der Waals surface area (Å²) in [6, 6.07) is 0. The zero-order valence-corrected chi connectivity index (χ0v) is 50.4. The summed E-state index contributed by atoms with van der Waals surface area (Å²) in [5, 5.41) is 0. The number of esters is 3. The second kappa shape index (κ2) is 64.8. The van der Waals surface area contributed by atoms with Crippen LogP contribution in [0.4, 0.5) is 0 Å². The van der Waals surface area contributed by atoms with Crippen molar-refractivity contribution in [2.75, 3.05) is 13.2 Å². The fourth-order valence-electron chi connectivity index (χ4n) is 8.27. The lowest BCUT2D eigenvalue weighted by molar-refractivity contribution is -0.167. The largest absolute Gasteiger partial charge is 0.462 e. The van der Waals surface area contributed by atoms with Crippen LogP contribution < -0.4 is 0 Å². The van der Waals surface area contributed by atoms with Crippen LogP contribution >= 0.6 is 0 Å². The molecule has 440 valence electrons. The highest BCUT2D eigenvalue weighted by Crippen LogP contribution is 2.14. The monoisotopic (exact) mass is 1080 g/mol. The first-order valence-electron chi connectivity index (χ1n) is 31.8. The summed E-state index contributed by atoms with van der Waals surface area (Å²) in [4.78, 5) is 38.2. The molecule has 0 amide bonds. The van der Waals surface area contributed by atoms with E-state index in [2.05, 4.69) is 167 Å². The highest BCUT2D eigenvalue weighted by molar-refractivity contribution is 5.71. The zero-order valence-electron chi connectivity index (χ0n) is 50.4. The van der Waals surface area contributed by atoms with Gasteiger partial charge in [0.1, 0.15) is 13.2 Å². The molecule has 0 bridgehead atoms. The first-order valence-corrected chi connectivity index (χ1v) is 31.8. The number of rotatable bonds is 56. The summed E-state index contributed by atoms with van der Waals surface area (Å²) in [7, 11) is 0. The average molecular weight is 1080 g/mol. The van der Waals surface area contributed by atoms with Gasteiger partial charge in [0.25, 0.3) is 0 Å². The Morgan fingerprint density at radius 2 is 0.513 bits per heavy atom. The second-order valence-electron chi connectivity index (χ2n) is 20.6. The van der Waals surface area contributed by atoms with Crippen molar-refractivity contribution in [2.45, 2.75) is 277 Å². The minimum atomic E-state index is -0.802. The van der Waals surface area contributed by atoms with Crippen molar-refractivity contribution in [1.82, 2.24) is 0 Å². The van der Waals surface area contributed by atoms with E-state index >= 15 is 0 Å². The van der Waals surface area contributed by atoms with Crippen LogP contribution in [0.2, 0.25) is 0 Å².